The average Bonchev–Trinajstić information content (AvgIpc) is 3.34. The summed E-state index contributed by atoms with van der Waals surface area (Å²) in [6, 6.07) is 2.99. The summed E-state index contributed by atoms with van der Waals surface area (Å²) in [4.78, 5) is 11.9. The van der Waals surface area contributed by atoms with E-state index >= 15 is 0 Å². The topological polar surface area (TPSA) is 58.3 Å². The zero-order valence-corrected chi connectivity index (χ0v) is 14.5. The smallest absolute Gasteiger partial charge is 0.361 e. The van der Waals surface area contributed by atoms with Crippen LogP contribution in [-0.4, -0.2) is 46.2 Å². The zero-order valence-electron chi connectivity index (χ0n) is 14.5. The first-order chi connectivity index (χ1) is 12.4. The molecular formula is C17H20F3N5O. The lowest BCUT2D eigenvalue weighted by atomic mass is 10.2. The minimum Gasteiger partial charge on any atom is -0.361 e. The second kappa shape index (κ2) is 6.53. The van der Waals surface area contributed by atoms with Crippen LogP contribution < -0.4 is 4.90 Å². The lowest BCUT2D eigenvalue weighted by Gasteiger charge is -2.34. The van der Waals surface area contributed by atoms with E-state index in [1.54, 1.807) is 11.8 Å². The second-order valence-electron chi connectivity index (χ2n) is 6.95. The van der Waals surface area contributed by atoms with Crippen LogP contribution in [0.5, 0.6) is 0 Å². The van der Waals surface area contributed by atoms with Crippen molar-refractivity contribution in [3.05, 3.63) is 35.0 Å². The Hall–Kier alpha value is -2.16. The maximum Gasteiger partial charge on any atom is 0.433 e. The van der Waals surface area contributed by atoms with E-state index in [1.165, 1.54) is 12.8 Å². The number of piperazine rings is 1. The van der Waals surface area contributed by atoms with E-state index in [0.717, 1.165) is 17.5 Å². The highest BCUT2D eigenvalue weighted by molar-refractivity contribution is 5.34. The molecule has 0 spiro atoms. The number of rotatable bonds is 4. The number of hydrogen-bond acceptors (Lipinski definition) is 6. The van der Waals surface area contributed by atoms with Gasteiger partial charge in [0.05, 0.1) is 5.69 Å². The third-order valence-corrected chi connectivity index (χ3v) is 4.73. The molecule has 1 aliphatic carbocycles. The fourth-order valence-corrected chi connectivity index (χ4v) is 3.14. The molecule has 1 aliphatic heterocycles. The Morgan fingerprint density at radius 2 is 1.85 bits per heavy atom. The molecule has 6 nitrogen and oxygen atoms in total. The predicted molar refractivity (Wildman–Crippen MR) is 87.7 cm³/mol. The van der Waals surface area contributed by atoms with E-state index in [1.807, 2.05) is 6.07 Å². The monoisotopic (exact) mass is 367 g/mol. The molecule has 9 heteroatoms. The van der Waals surface area contributed by atoms with E-state index in [-0.39, 0.29) is 5.95 Å². The summed E-state index contributed by atoms with van der Waals surface area (Å²) in [7, 11) is 0. The quantitative estimate of drug-likeness (QED) is 0.828. The molecular weight excluding hydrogens is 347 g/mol. The number of nitrogens with zero attached hydrogens (tertiary/aromatic N) is 5. The van der Waals surface area contributed by atoms with Crippen LogP contribution in [-0.2, 0) is 12.7 Å². The maximum atomic E-state index is 12.9. The summed E-state index contributed by atoms with van der Waals surface area (Å²) in [6.07, 6.45) is -2.12. The van der Waals surface area contributed by atoms with E-state index in [0.29, 0.717) is 44.3 Å². The summed E-state index contributed by atoms with van der Waals surface area (Å²) < 4.78 is 44.2. The zero-order chi connectivity index (χ0) is 18.3. The molecule has 0 aromatic carbocycles. The predicted octanol–water partition coefficient (Wildman–Crippen LogP) is 2.99. The molecule has 0 unspecified atom stereocenters. The lowest BCUT2D eigenvalue weighted by Crippen LogP contribution is -2.46. The highest BCUT2D eigenvalue weighted by atomic mass is 19.4. The van der Waals surface area contributed by atoms with Gasteiger partial charge in [0.15, 0.2) is 0 Å². The van der Waals surface area contributed by atoms with Gasteiger partial charge < -0.3 is 9.42 Å². The Morgan fingerprint density at radius 3 is 2.50 bits per heavy atom. The van der Waals surface area contributed by atoms with Crippen LogP contribution in [0, 0.1) is 6.92 Å². The van der Waals surface area contributed by atoms with Crippen molar-refractivity contribution in [3.63, 3.8) is 0 Å². The van der Waals surface area contributed by atoms with Crippen molar-refractivity contribution < 1.29 is 17.7 Å². The number of anilines is 1. The van der Waals surface area contributed by atoms with Gasteiger partial charge in [-0.15, -0.1) is 0 Å². The SMILES string of the molecule is Cc1cc(C(F)(F)F)nc(N2CCN(Cc3cc(C4CC4)on3)CC2)n1. The third kappa shape index (κ3) is 3.82. The summed E-state index contributed by atoms with van der Waals surface area (Å²) in [5.74, 6) is 1.65. The Bertz CT molecular complexity index is 779. The first kappa shape index (κ1) is 17.3. The molecule has 140 valence electrons. The maximum absolute atomic E-state index is 12.9. The summed E-state index contributed by atoms with van der Waals surface area (Å²) in [5.41, 5.74) is 0.337. The molecule has 2 aromatic rings. The van der Waals surface area contributed by atoms with Crippen molar-refractivity contribution in [2.45, 2.75) is 38.4 Å². The van der Waals surface area contributed by atoms with Crippen LogP contribution in [0.1, 0.15) is 41.6 Å². The minimum absolute atomic E-state index is 0.148. The molecule has 2 aromatic heterocycles. The molecule has 1 saturated heterocycles. The molecule has 0 amide bonds. The van der Waals surface area contributed by atoms with E-state index in [9.17, 15) is 13.2 Å². The number of hydrogen-bond donors (Lipinski definition) is 0. The van der Waals surface area contributed by atoms with Crippen LogP contribution in [0.2, 0.25) is 0 Å². The van der Waals surface area contributed by atoms with Gasteiger partial charge in [-0.05, 0) is 25.8 Å². The van der Waals surface area contributed by atoms with Crippen LogP contribution in [0.4, 0.5) is 19.1 Å². The first-order valence-electron chi connectivity index (χ1n) is 8.74. The van der Waals surface area contributed by atoms with Crippen LogP contribution in [0.3, 0.4) is 0 Å². The Labute approximate surface area is 149 Å². The van der Waals surface area contributed by atoms with Gasteiger partial charge in [-0.2, -0.15) is 13.2 Å². The van der Waals surface area contributed by atoms with E-state index < -0.39 is 11.9 Å². The van der Waals surface area contributed by atoms with Gasteiger partial charge in [-0.3, -0.25) is 4.90 Å². The van der Waals surface area contributed by atoms with Crippen molar-refractivity contribution in [1.82, 2.24) is 20.0 Å². The van der Waals surface area contributed by atoms with Gasteiger partial charge in [0.1, 0.15) is 11.5 Å². The number of aryl methyl sites for hydroxylation is 1. The Kier molecular flexibility index (Phi) is 4.34. The lowest BCUT2D eigenvalue weighted by molar-refractivity contribution is -0.141. The van der Waals surface area contributed by atoms with Crippen LogP contribution in [0.15, 0.2) is 16.7 Å². The minimum atomic E-state index is -4.46. The van der Waals surface area contributed by atoms with Crippen LogP contribution in [0.25, 0.3) is 0 Å². The number of halogens is 3. The standard InChI is InChI=1S/C17H20F3N5O/c1-11-8-15(17(18,19)20)22-16(21-11)25-6-4-24(5-7-25)10-13-9-14(26-23-13)12-2-3-12/h8-9,12H,2-7,10H2,1H3. The molecule has 4 rings (SSSR count). The number of aromatic nitrogens is 3. The second-order valence-corrected chi connectivity index (χ2v) is 6.95. The van der Waals surface area contributed by atoms with E-state index in [4.69, 9.17) is 4.52 Å². The molecule has 2 fully saturated rings. The van der Waals surface area contributed by atoms with Gasteiger partial charge in [0.2, 0.25) is 5.95 Å². The molecule has 0 atom stereocenters. The Morgan fingerprint density at radius 1 is 1.12 bits per heavy atom. The van der Waals surface area contributed by atoms with Crippen molar-refractivity contribution in [3.8, 4) is 0 Å². The van der Waals surface area contributed by atoms with Gasteiger partial charge >= 0.3 is 6.18 Å². The average molecular weight is 367 g/mol. The molecule has 26 heavy (non-hydrogen) atoms. The third-order valence-electron chi connectivity index (χ3n) is 4.73. The van der Waals surface area contributed by atoms with E-state index in [2.05, 4.69) is 20.0 Å². The largest absolute Gasteiger partial charge is 0.433 e. The van der Waals surface area contributed by atoms with Gasteiger partial charge in [0.25, 0.3) is 0 Å². The molecule has 3 heterocycles. The molecule has 0 bridgehead atoms. The van der Waals surface area contributed by atoms with Crippen LogP contribution >= 0.6 is 0 Å². The molecule has 0 radical (unpaired) electrons. The highest BCUT2D eigenvalue weighted by Crippen LogP contribution is 2.40. The summed E-state index contributed by atoms with van der Waals surface area (Å²) in [6.45, 7) is 4.82. The normalized spacial score (nSPS) is 19.2. The Balaban J connectivity index is 1.37. The van der Waals surface area contributed by atoms with Gasteiger partial charge in [-0.1, -0.05) is 5.16 Å². The van der Waals surface area contributed by atoms with Gasteiger partial charge in [-0.25, -0.2) is 9.97 Å². The van der Waals surface area contributed by atoms with Crippen molar-refractivity contribution >= 4 is 5.95 Å². The molecule has 2 aliphatic rings. The van der Waals surface area contributed by atoms with Crippen molar-refractivity contribution in [1.29, 1.82) is 0 Å². The van der Waals surface area contributed by atoms with Crippen molar-refractivity contribution in [2.75, 3.05) is 31.1 Å². The molecule has 0 N–H and O–H groups in total. The van der Waals surface area contributed by atoms with Gasteiger partial charge in [0, 0.05) is 50.4 Å². The van der Waals surface area contributed by atoms with Crippen molar-refractivity contribution in [2.24, 2.45) is 0 Å². The fourth-order valence-electron chi connectivity index (χ4n) is 3.14. The summed E-state index contributed by atoms with van der Waals surface area (Å²) >= 11 is 0. The molecule has 1 saturated carbocycles. The number of alkyl halides is 3. The fraction of sp³-hybridized carbons (Fsp3) is 0.588. The first-order valence-corrected chi connectivity index (χ1v) is 8.74. The summed E-state index contributed by atoms with van der Waals surface area (Å²) in [5, 5.41) is 4.12. The highest BCUT2D eigenvalue weighted by Gasteiger charge is 2.34.